The number of thioether (sulfide) groups is 1. The zero-order valence-corrected chi connectivity index (χ0v) is 20.4. The van der Waals surface area contributed by atoms with Crippen LogP contribution in [0.5, 0.6) is 5.75 Å². The summed E-state index contributed by atoms with van der Waals surface area (Å²) in [6, 6.07) is 17.9. The van der Waals surface area contributed by atoms with Crippen molar-refractivity contribution in [3.8, 4) is 5.75 Å². The number of nitrogens with zero attached hydrogens (tertiary/aromatic N) is 4. The second-order valence-electron chi connectivity index (χ2n) is 8.83. The summed E-state index contributed by atoms with van der Waals surface area (Å²) >= 11 is 1.56. The number of methoxy groups -OCH3 is 1. The number of rotatable bonds is 6. The number of amides is 3. The van der Waals surface area contributed by atoms with E-state index in [1.165, 1.54) is 4.90 Å². The third-order valence-corrected chi connectivity index (χ3v) is 8.20. The number of para-hydroxylation sites is 2. The Labute approximate surface area is 204 Å². The Bertz CT molecular complexity index is 1080. The monoisotopic (exact) mass is 478 g/mol. The van der Waals surface area contributed by atoms with Gasteiger partial charge in [-0.3, -0.25) is 14.6 Å². The van der Waals surface area contributed by atoms with E-state index in [9.17, 15) is 9.59 Å². The average molecular weight is 479 g/mol. The molecule has 2 aromatic carbocycles. The van der Waals surface area contributed by atoms with E-state index >= 15 is 0 Å². The number of hydrogen-bond donors (Lipinski definition) is 0. The van der Waals surface area contributed by atoms with Crippen LogP contribution in [0.3, 0.4) is 0 Å². The lowest BCUT2D eigenvalue weighted by Gasteiger charge is -2.42. The maximum atomic E-state index is 13.5. The molecular formula is C26H30N4O3S. The van der Waals surface area contributed by atoms with E-state index < -0.39 is 0 Å². The Morgan fingerprint density at radius 2 is 1.65 bits per heavy atom. The molecule has 3 aliphatic rings. The second-order valence-corrected chi connectivity index (χ2v) is 9.82. The highest BCUT2D eigenvalue weighted by Gasteiger charge is 2.49. The summed E-state index contributed by atoms with van der Waals surface area (Å²) in [5, 5.41) is 1.88. The number of anilines is 1. The van der Waals surface area contributed by atoms with E-state index in [-0.39, 0.29) is 23.2 Å². The van der Waals surface area contributed by atoms with Gasteiger partial charge in [-0.2, -0.15) is 0 Å². The summed E-state index contributed by atoms with van der Waals surface area (Å²) < 4.78 is 5.51. The average Bonchev–Trinajstić information content (AvgIpc) is 3.34. The molecule has 0 spiro atoms. The molecule has 2 aromatic rings. The largest absolute Gasteiger partial charge is 0.495 e. The van der Waals surface area contributed by atoms with Crippen LogP contribution in [0.25, 0.3) is 5.57 Å². The zero-order valence-electron chi connectivity index (χ0n) is 19.6. The summed E-state index contributed by atoms with van der Waals surface area (Å²) in [4.78, 5) is 34.4. The molecule has 2 saturated heterocycles. The van der Waals surface area contributed by atoms with Crippen LogP contribution in [0.1, 0.15) is 5.56 Å². The van der Waals surface area contributed by atoms with Crippen molar-refractivity contribution < 1.29 is 14.3 Å². The molecule has 0 bridgehead atoms. The molecule has 0 saturated carbocycles. The maximum Gasteiger partial charge on any atom is 0.327 e. The normalized spacial score (nSPS) is 23.2. The Morgan fingerprint density at radius 3 is 2.38 bits per heavy atom. The van der Waals surface area contributed by atoms with Crippen LogP contribution in [0.2, 0.25) is 0 Å². The number of piperazine rings is 1. The van der Waals surface area contributed by atoms with Crippen molar-refractivity contribution in [2.75, 3.05) is 58.3 Å². The lowest BCUT2D eigenvalue weighted by atomic mass is 9.91. The van der Waals surface area contributed by atoms with Gasteiger partial charge in [-0.05, 0) is 28.7 Å². The van der Waals surface area contributed by atoms with Crippen molar-refractivity contribution in [3.05, 3.63) is 65.6 Å². The van der Waals surface area contributed by atoms with Gasteiger partial charge in [-0.25, -0.2) is 4.79 Å². The van der Waals surface area contributed by atoms with E-state index in [0.717, 1.165) is 48.8 Å². The van der Waals surface area contributed by atoms with E-state index in [1.54, 1.807) is 30.8 Å². The van der Waals surface area contributed by atoms with Crippen LogP contribution in [-0.2, 0) is 4.79 Å². The zero-order chi connectivity index (χ0) is 23.7. The lowest BCUT2D eigenvalue weighted by molar-refractivity contribution is -0.134. The fourth-order valence-electron chi connectivity index (χ4n) is 5.01. The number of carbonyl (C=O) groups excluding carboxylic acids is 2. The molecule has 8 heteroatoms. The molecule has 0 aromatic heterocycles. The highest BCUT2D eigenvalue weighted by molar-refractivity contribution is 8.03. The molecule has 7 nitrogen and oxygen atoms in total. The molecule has 178 valence electrons. The lowest BCUT2D eigenvalue weighted by Crippen LogP contribution is -2.60. The van der Waals surface area contributed by atoms with E-state index in [4.69, 9.17) is 4.74 Å². The van der Waals surface area contributed by atoms with Gasteiger partial charge < -0.3 is 14.5 Å². The van der Waals surface area contributed by atoms with Gasteiger partial charge in [0.15, 0.2) is 0 Å². The quantitative estimate of drug-likeness (QED) is 0.634. The van der Waals surface area contributed by atoms with Crippen molar-refractivity contribution in [3.63, 3.8) is 0 Å². The SMILES string of the molecule is COc1ccccc1N1CCN(CCN2C(=O)C3C(c4ccccc4)=CSC3N(C)C2=O)CC1. The number of fused-ring (bicyclic) bond motifs is 1. The molecule has 34 heavy (non-hydrogen) atoms. The molecule has 2 fully saturated rings. The standard InChI is InChI=1S/C26H30N4O3S/c1-27-25-23(20(18-34-25)19-8-4-3-5-9-19)24(31)30(26(27)32)17-14-28-12-15-29(16-13-28)21-10-6-7-11-22(21)33-2/h3-11,18,23,25H,12-17H2,1-2H3. The third kappa shape index (κ3) is 4.16. The first kappa shape index (κ1) is 22.8. The summed E-state index contributed by atoms with van der Waals surface area (Å²) in [5.74, 6) is 0.480. The smallest absolute Gasteiger partial charge is 0.327 e. The Kier molecular flexibility index (Phi) is 6.52. The molecule has 0 radical (unpaired) electrons. The summed E-state index contributed by atoms with van der Waals surface area (Å²) in [6.07, 6.45) is 0. The molecule has 3 heterocycles. The van der Waals surface area contributed by atoms with Gasteiger partial charge in [0.1, 0.15) is 5.75 Å². The molecule has 3 aliphatic heterocycles. The van der Waals surface area contributed by atoms with E-state index in [0.29, 0.717) is 13.1 Å². The van der Waals surface area contributed by atoms with Gasteiger partial charge in [0.05, 0.1) is 24.1 Å². The van der Waals surface area contributed by atoms with Crippen LogP contribution >= 0.6 is 11.8 Å². The molecule has 2 atom stereocenters. The Balaban J connectivity index is 1.22. The van der Waals surface area contributed by atoms with Crippen LogP contribution in [0.15, 0.2) is 60.0 Å². The highest BCUT2D eigenvalue weighted by atomic mass is 32.2. The van der Waals surface area contributed by atoms with Gasteiger partial charge >= 0.3 is 6.03 Å². The minimum absolute atomic E-state index is 0.0825. The number of carbonyl (C=O) groups is 2. The first-order valence-electron chi connectivity index (χ1n) is 11.7. The first-order valence-corrected chi connectivity index (χ1v) is 12.6. The van der Waals surface area contributed by atoms with Crippen LogP contribution < -0.4 is 9.64 Å². The van der Waals surface area contributed by atoms with E-state index in [1.807, 2.05) is 53.9 Å². The van der Waals surface area contributed by atoms with Crippen molar-refractivity contribution in [1.82, 2.24) is 14.7 Å². The second kappa shape index (κ2) is 9.72. The minimum Gasteiger partial charge on any atom is -0.495 e. The Hall–Kier alpha value is -2.97. The van der Waals surface area contributed by atoms with Gasteiger partial charge in [-0.1, -0.05) is 42.5 Å². The number of ether oxygens (including phenoxy) is 1. The van der Waals surface area contributed by atoms with Crippen molar-refractivity contribution in [2.24, 2.45) is 5.92 Å². The number of urea groups is 1. The third-order valence-electron chi connectivity index (χ3n) is 6.95. The predicted molar refractivity (Wildman–Crippen MR) is 136 cm³/mol. The number of imide groups is 1. The summed E-state index contributed by atoms with van der Waals surface area (Å²) in [6.45, 7) is 4.60. The maximum absolute atomic E-state index is 13.5. The van der Waals surface area contributed by atoms with Crippen LogP contribution in [-0.4, -0.2) is 85.4 Å². The van der Waals surface area contributed by atoms with Crippen molar-refractivity contribution in [2.45, 2.75) is 5.37 Å². The summed E-state index contributed by atoms with van der Waals surface area (Å²) in [7, 11) is 3.50. The molecule has 0 aliphatic carbocycles. The molecule has 2 unspecified atom stereocenters. The fourth-order valence-corrected chi connectivity index (χ4v) is 6.27. The molecule has 5 rings (SSSR count). The van der Waals surface area contributed by atoms with Crippen LogP contribution in [0, 0.1) is 5.92 Å². The highest BCUT2D eigenvalue weighted by Crippen LogP contribution is 2.45. The molecule has 3 amide bonds. The summed E-state index contributed by atoms with van der Waals surface area (Å²) in [5.41, 5.74) is 3.17. The van der Waals surface area contributed by atoms with Gasteiger partial charge in [0, 0.05) is 46.3 Å². The Morgan fingerprint density at radius 1 is 0.941 bits per heavy atom. The minimum atomic E-state index is -0.322. The molecule has 0 N–H and O–H groups in total. The fraction of sp³-hybridized carbons (Fsp3) is 0.385. The van der Waals surface area contributed by atoms with Crippen molar-refractivity contribution >= 4 is 35.0 Å². The number of benzene rings is 2. The van der Waals surface area contributed by atoms with Gasteiger partial charge in [0.25, 0.3) is 0 Å². The molecular weight excluding hydrogens is 448 g/mol. The van der Waals surface area contributed by atoms with Crippen molar-refractivity contribution in [1.29, 1.82) is 0 Å². The number of hydrogen-bond acceptors (Lipinski definition) is 6. The van der Waals surface area contributed by atoms with Gasteiger partial charge in [0.2, 0.25) is 5.91 Å². The topological polar surface area (TPSA) is 56.3 Å². The van der Waals surface area contributed by atoms with E-state index in [2.05, 4.69) is 15.9 Å². The predicted octanol–water partition coefficient (Wildman–Crippen LogP) is 3.44. The van der Waals surface area contributed by atoms with Crippen LogP contribution in [0.4, 0.5) is 10.5 Å². The van der Waals surface area contributed by atoms with Gasteiger partial charge in [-0.15, -0.1) is 11.8 Å². The first-order chi connectivity index (χ1) is 16.6.